The zero-order valence-electron chi connectivity index (χ0n) is 15.6. The first-order valence-electron chi connectivity index (χ1n) is 9.33. The molecule has 1 N–H and O–H groups in total. The topological polar surface area (TPSA) is 54.5 Å². The van der Waals surface area contributed by atoms with Gasteiger partial charge in [-0.15, -0.1) is 0 Å². The monoisotopic (exact) mass is 419 g/mol. The number of fused-ring (bicyclic) bond motifs is 1. The Kier molecular flexibility index (Phi) is 5.17. The van der Waals surface area contributed by atoms with Crippen LogP contribution in [0.5, 0.6) is 5.75 Å². The molecule has 1 amide bonds. The van der Waals surface area contributed by atoms with Crippen LogP contribution in [0.1, 0.15) is 36.2 Å². The highest BCUT2D eigenvalue weighted by molar-refractivity contribution is 6.30. The second-order valence-corrected chi connectivity index (χ2v) is 7.70. The van der Waals surface area contributed by atoms with Crippen LogP contribution in [-0.2, 0) is 4.79 Å². The molecule has 0 radical (unpaired) electrons. The maximum atomic E-state index is 13.3. The van der Waals surface area contributed by atoms with E-state index in [4.69, 9.17) is 16.3 Å². The molecule has 2 heterocycles. The van der Waals surface area contributed by atoms with Crippen molar-refractivity contribution in [1.82, 2.24) is 10.3 Å². The number of pyridine rings is 1. The number of hydrogen-bond acceptors (Lipinski definition) is 4. The molecule has 0 spiro atoms. The predicted octanol–water partition coefficient (Wildman–Crippen LogP) is 4.45. The van der Waals surface area contributed by atoms with E-state index in [1.807, 2.05) is 6.07 Å². The summed E-state index contributed by atoms with van der Waals surface area (Å²) in [6.07, 6.45) is 2.14. The molecule has 1 aliphatic carbocycles. The van der Waals surface area contributed by atoms with Crippen LogP contribution in [0.2, 0.25) is 5.02 Å². The highest BCUT2D eigenvalue weighted by atomic mass is 35.5. The van der Waals surface area contributed by atoms with Crippen LogP contribution in [-0.4, -0.2) is 29.9 Å². The smallest absolute Gasteiger partial charge is 0.282 e. The van der Waals surface area contributed by atoms with Crippen molar-refractivity contribution in [2.24, 2.45) is 0 Å². The fourth-order valence-electron chi connectivity index (χ4n) is 3.66. The normalized spacial score (nSPS) is 22.2. The highest BCUT2D eigenvalue weighted by Crippen LogP contribution is 2.40. The van der Waals surface area contributed by atoms with E-state index in [-0.39, 0.29) is 31.1 Å². The molecule has 1 aromatic carbocycles. The van der Waals surface area contributed by atoms with Crippen LogP contribution in [0.3, 0.4) is 0 Å². The van der Waals surface area contributed by atoms with Crippen LogP contribution in [0.4, 0.5) is 14.6 Å². The van der Waals surface area contributed by atoms with Crippen molar-refractivity contribution < 1.29 is 18.3 Å². The third-order valence-corrected chi connectivity index (χ3v) is 5.35. The Morgan fingerprint density at radius 1 is 1.24 bits per heavy atom. The maximum absolute atomic E-state index is 13.3. The number of benzene rings is 1. The number of ether oxygens (including phenoxy) is 1. The molecular weight excluding hydrogens is 400 g/mol. The Bertz CT molecular complexity index is 928. The number of anilines is 1. The molecular formula is C21H20ClF2N3O2. The van der Waals surface area contributed by atoms with Gasteiger partial charge in [0.15, 0.2) is 0 Å². The number of carbonyl (C=O) groups excluding carboxylic acids is 1. The fraction of sp³-hybridized carbons (Fsp3) is 0.333. The van der Waals surface area contributed by atoms with Crippen molar-refractivity contribution in [3.8, 4) is 5.75 Å². The van der Waals surface area contributed by atoms with E-state index < -0.39 is 5.92 Å². The number of hydrogen-bond donors (Lipinski definition) is 1. The zero-order chi connectivity index (χ0) is 20.6. The van der Waals surface area contributed by atoms with Gasteiger partial charge in [-0.25, -0.2) is 13.8 Å². The number of carbonyl (C=O) groups is 1. The zero-order valence-corrected chi connectivity index (χ0v) is 16.3. The van der Waals surface area contributed by atoms with Crippen LogP contribution < -0.4 is 15.0 Å². The van der Waals surface area contributed by atoms with Crippen molar-refractivity contribution in [3.05, 3.63) is 65.3 Å². The lowest BCUT2D eigenvalue weighted by Gasteiger charge is -2.40. The first kappa shape index (κ1) is 19.6. The van der Waals surface area contributed by atoms with Gasteiger partial charge in [-0.05, 0) is 54.8 Å². The molecule has 1 aromatic heterocycles. The van der Waals surface area contributed by atoms with Gasteiger partial charge >= 0.3 is 0 Å². The SMILES string of the molecule is C=CC(=O)NC1CCC(Oc2ccc(Cl)cc2)c2nc(N3CC(F)(F)C3)ccc21. The minimum atomic E-state index is -2.68. The molecule has 2 aromatic rings. The number of amides is 1. The third kappa shape index (κ3) is 4.19. The quantitative estimate of drug-likeness (QED) is 0.727. The summed E-state index contributed by atoms with van der Waals surface area (Å²) in [5.74, 6) is -1.83. The minimum absolute atomic E-state index is 0.236. The molecule has 2 aliphatic rings. The van der Waals surface area contributed by atoms with Gasteiger partial charge in [-0.2, -0.15) is 0 Å². The second-order valence-electron chi connectivity index (χ2n) is 7.26. The lowest BCUT2D eigenvalue weighted by molar-refractivity contribution is -0.117. The average Bonchev–Trinajstić information content (AvgIpc) is 2.69. The number of rotatable bonds is 5. The van der Waals surface area contributed by atoms with Crippen molar-refractivity contribution in [2.75, 3.05) is 18.0 Å². The van der Waals surface area contributed by atoms with Gasteiger partial charge in [-0.1, -0.05) is 24.2 Å². The van der Waals surface area contributed by atoms with Gasteiger partial charge in [0, 0.05) is 5.02 Å². The Morgan fingerprint density at radius 2 is 1.97 bits per heavy atom. The van der Waals surface area contributed by atoms with Crippen LogP contribution >= 0.6 is 11.6 Å². The summed E-state index contributed by atoms with van der Waals surface area (Å²) in [5.41, 5.74) is 1.47. The van der Waals surface area contributed by atoms with Gasteiger partial charge in [0.1, 0.15) is 17.7 Å². The molecule has 5 nitrogen and oxygen atoms in total. The molecule has 1 fully saturated rings. The minimum Gasteiger partial charge on any atom is -0.484 e. The Hall–Kier alpha value is -2.67. The molecule has 0 bridgehead atoms. The lowest BCUT2D eigenvalue weighted by atomic mass is 9.88. The average molecular weight is 420 g/mol. The highest BCUT2D eigenvalue weighted by Gasteiger charge is 2.45. The molecule has 152 valence electrons. The van der Waals surface area contributed by atoms with E-state index in [1.54, 1.807) is 30.3 Å². The molecule has 8 heteroatoms. The lowest BCUT2D eigenvalue weighted by Crippen LogP contribution is -2.56. The van der Waals surface area contributed by atoms with Crippen molar-refractivity contribution in [2.45, 2.75) is 30.9 Å². The summed E-state index contributed by atoms with van der Waals surface area (Å²) >= 11 is 5.93. The molecule has 0 saturated carbocycles. The Balaban J connectivity index is 1.63. The molecule has 4 rings (SSSR count). The summed E-state index contributed by atoms with van der Waals surface area (Å²) in [7, 11) is 0. The molecule has 2 atom stereocenters. The van der Waals surface area contributed by atoms with Crippen LogP contribution in [0.25, 0.3) is 0 Å². The number of nitrogens with zero attached hydrogens (tertiary/aromatic N) is 2. The first-order valence-corrected chi connectivity index (χ1v) is 9.71. The van der Waals surface area contributed by atoms with Crippen molar-refractivity contribution in [3.63, 3.8) is 0 Å². The van der Waals surface area contributed by atoms with Gasteiger partial charge in [0.05, 0.1) is 24.8 Å². The van der Waals surface area contributed by atoms with E-state index in [2.05, 4.69) is 16.9 Å². The summed E-state index contributed by atoms with van der Waals surface area (Å²) in [5, 5.41) is 3.51. The van der Waals surface area contributed by atoms with E-state index in [0.717, 1.165) is 5.56 Å². The predicted molar refractivity (Wildman–Crippen MR) is 107 cm³/mol. The second kappa shape index (κ2) is 7.63. The number of aromatic nitrogens is 1. The van der Waals surface area contributed by atoms with Crippen LogP contribution in [0.15, 0.2) is 49.1 Å². The van der Waals surface area contributed by atoms with Gasteiger partial charge in [-0.3, -0.25) is 4.79 Å². The maximum Gasteiger partial charge on any atom is 0.282 e. The largest absolute Gasteiger partial charge is 0.484 e. The standard InChI is InChI=1S/C21H20ClF2N3O2/c1-2-19(28)25-16-8-9-17(29-14-5-3-13(22)4-6-14)20-15(16)7-10-18(26-20)27-11-21(23,24)12-27/h2-7,10,16-17H,1,8-9,11-12H2,(H,25,28). The van der Waals surface area contributed by atoms with E-state index in [9.17, 15) is 13.6 Å². The first-order chi connectivity index (χ1) is 13.8. The summed E-state index contributed by atoms with van der Waals surface area (Å²) in [6.45, 7) is 2.79. The molecule has 1 aliphatic heterocycles. The van der Waals surface area contributed by atoms with Gasteiger partial charge < -0.3 is 15.0 Å². The summed E-state index contributed by atoms with van der Waals surface area (Å²) < 4.78 is 32.7. The van der Waals surface area contributed by atoms with Crippen LogP contribution in [0, 0.1) is 0 Å². The van der Waals surface area contributed by atoms with E-state index in [0.29, 0.717) is 35.1 Å². The van der Waals surface area contributed by atoms with Crippen molar-refractivity contribution >= 4 is 23.3 Å². The van der Waals surface area contributed by atoms with Gasteiger partial charge in [0.25, 0.3) is 5.92 Å². The molecule has 29 heavy (non-hydrogen) atoms. The Morgan fingerprint density at radius 3 is 2.62 bits per heavy atom. The molecule has 2 unspecified atom stereocenters. The fourth-order valence-corrected chi connectivity index (χ4v) is 3.79. The summed E-state index contributed by atoms with van der Waals surface area (Å²) in [6, 6.07) is 10.3. The van der Waals surface area contributed by atoms with E-state index in [1.165, 1.54) is 11.0 Å². The van der Waals surface area contributed by atoms with Gasteiger partial charge in [0.2, 0.25) is 5.91 Å². The Labute approximate surface area is 172 Å². The number of alkyl halides is 2. The third-order valence-electron chi connectivity index (χ3n) is 5.10. The van der Waals surface area contributed by atoms with E-state index >= 15 is 0 Å². The summed E-state index contributed by atoms with van der Waals surface area (Å²) in [4.78, 5) is 18.0. The number of nitrogens with one attached hydrogen (secondary N) is 1. The van der Waals surface area contributed by atoms with Crippen molar-refractivity contribution in [1.29, 1.82) is 0 Å². The molecule has 1 saturated heterocycles. The number of halogens is 3.